The number of rotatable bonds is 5. The summed E-state index contributed by atoms with van der Waals surface area (Å²) in [7, 11) is 0. The summed E-state index contributed by atoms with van der Waals surface area (Å²) >= 11 is 2.11. The zero-order valence-electron chi connectivity index (χ0n) is 10.7. The second-order valence-corrected chi connectivity index (χ2v) is 6.22. The highest BCUT2D eigenvalue weighted by Crippen LogP contribution is 2.31. The van der Waals surface area contributed by atoms with Gasteiger partial charge in [0.05, 0.1) is 0 Å². The number of hydrogen-bond acceptors (Lipinski definition) is 3. The maximum atomic E-state index is 4.19. The molecule has 2 rings (SSSR count). The molecule has 0 saturated heterocycles. The van der Waals surface area contributed by atoms with E-state index in [4.69, 9.17) is 0 Å². The zero-order valence-corrected chi connectivity index (χ0v) is 11.5. The van der Waals surface area contributed by atoms with Crippen LogP contribution in [0.1, 0.15) is 44.7 Å². The largest absolute Gasteiger partial charge is 0.306 e. The lowest BCUT2D eigenvalue weighted by Gasteiger charge is -2.24. The van der Waals surface area contributed by atoms with Crippen LogP contribution in [0, 0.1) is 0 Å². The van der Waals surface area contributed by atoms with E-state index in [9.17, 15) is 0 Å². The number of thioether (sulfide) groups is 1. The minimum Gasteiger partial charge on any atom is -0.306 e. The predicted octanol–water partition coefficient (Wildman–Crippen LogP) is 3.41. The Hall–Kier alpha value is -0.540. The molecule has 1 aliphatic carbocycles. The van der Waals surface area contributed by atoms with E-state index in [-0.39, 0.29) is 0 Å². The average molecular weight is 250 g/mol. The Balaban J connectivity index is 1.92. The Morgan fingerprint density at radius 3 is 3.12 bits per heavy atom. The van der Waals surface area contributed by atoms with E-state index in [1.54, 1.807) is 0 Å². The molecular weight excluding hydrogens is 228 g/mol. The Labute approximate surface area is 109 Å². The van der Waals surface area contributed by atoms with Crippen LogP contribution in [0.2, 0.25) is 0 Å². The fourth-order valence-electron chi connectivity index (χ4n) is 2.58. The van der Waals surface area contributed by atoms with Crippen LogP contribution in [-0.4, -0.2) is 22.0 Å². The van der Waals surface area contributed by atoms with Gasteiger partial charge in [0.15, 0.2) is 0 Å². The van der Waals surface area contributed by atoms with Crippen molar-refractivity contribution in [3.8, 4) is 0 Å². The van der Waals surface area contributed by atoms with Crippen molar-refractivity contribution in [2.45, 2.75) is 50.4 Å². The third-order valence-electron chi connectivity index (χ3n) is 3.48. The fraction of sp³-hybridized carbons (Fsp3) is 0.643. The van der Waals surface area contributed by atoms with Crippen LogP contribution in [0.5, 0.6) is 0 Å². The molecule has 1 saturated carbocycles. The molecule has 3 unspecified atom stereocenters. The molecule has 1 heterocycles. The molecule has 0 aliphatic heterocycles. The summed E-state index contributed by atoms with van der Waals surface area (Å²) in [6.45, 7) is 4.49. The summed E-state index contributed by atoms with van der Waals surface area (Å²) in [5, 5.41) is 4.57. The van der Waals surface area contributed by atoms with Crippen molar-refractivity contribution in [3.05, 3.63) is 30.1 Å². The maximum absolute atomic E-state index is 4.19. The molecule has 94 valence electrons. The van der Waals surface area contributed by atoms with Crippen LogP contribution in [0.3, 0.4) is 0 Å². The van der Waals surface area contributed by atoms with Crippen LogP contribution >= 0.6 is 11.8 Å². The van der Waals surface area contributed by atoms with Gasteiger partial charge in [0.1, 0.15) is 0 Å². The summed E-state index contributed by atoms with van der Waals surface area (Å²) < 4.78 is 0. The van der Waals surface area contributed by atoms with Gasteiger partial charge < -0.3 is 5.32 Å². The first-order valence-electron chi connectivity index (χ1n) is 6.59. The van der Waals surface area contributed by atoms with Crippen LogP contribution in [0.15, 0.2) is 24.5 Å². The molecule has 1 aromatic heterocycles. The van der Waals surface area contributed by atoms with Gasteiger partial charge in [-0.05, 0) is 37.1 Å². The van der Waals surface area contributed by atoms with Crippen molar-refractivity contribution < 1.29 is 0 Å². The van der Waals surface area contributed by atoms with E-state index in [2.05, 4.69) is 42.0 Å². The number of nitrogens with one attached hydrogen (secondary N) is 1. The molecule has 3 heteroatoms. The van der Waals surface area contributed by atoms with E-state index in [0.717, 1.165) is 5.25 Å². The van der Waals surface area contributed by atoms with Crippen molar-refractivity contribution in [1.82, 2.24) is 10.3 Å². The zero-order chi connectivity index (χ0) is 12.1. The molecule has 0 aromatic carbocycles. The highest BCUT2D eigenvalue weighted by Gasteiger charge is 2.28. The van der Waals surface area contributed by atoms with Gasteiger partial charge in [-0.2, -0.15) is 11.8 Å². The topological polar surface area (TPSA) is 24.9 Å². The number of aromatic nitrogens is 1. The SMILES string of the molecule is CCSC1CCCC1NC(C)c1cccnc1. The molecule has 17 heavy (non-hydrogen) atoms. The third kappa shape index (κ3) is 3.46. The van der Waals surface area contributed by atoms with Gasteiger partial charge in [-0.1, -0.05) is 19.4 Å². The van der Waals surface area contributed by atoms with E-state index < -0.39 is 0 Å². The Morgan fingerprint density at radius 1 is 1.53 bits per heavy atom. The second-order valence-electron chi connectivity index (χ2n) is 4.71. The Kier molecular flexibility index (Phi) is 4.86. The van der Waals surface area contributed by atoms with Gasteiger partial charge in [0.2, 0.25) is 0 Å². The molecule has 1 aliphatic rings. The fourth-order valence-corrected chi connectivity index (χ4v) is 3.79. The van der Waals surface area contributed by atoms with Crippen molar-refractivity contribution in [3.63, 3.8) is 0 Å². The summed E-state index contributed by atoms with van der Waals surface area (Å²) in [5.41, 5.74) is 1.29. The summed E-state index contributed by atoms with van der Waals surface area (Å²) in [6.07, 6.45) is 7.86. The molecule has 0 spiro atoms. The number of nitrogens with zero attached hydrogens (tertiary/aromatic N) is 1. The highest BCUT2D eigenvalue weighted by molar-refractivity contribution is 7.99. The number of pyridine rings is 1. The molecule has 0 bridgehead atoms. The third-order valence-corrected chi connectivity index (χ3v) is 4.81. The van der Waals surface area contributed by atoms with Gasteiger partial charge in [0.25, 0.3) is 0 Å². The standard InChI is InChI=1S/C14H22N2S/c1-3-17-14-8-4-7-13(14)16-11(2)12-6-5-9-15-10-12/h5-6,9-11,13-14,16H,3-4,7-8H2,1-2H3. The van der Waals surface area contributed by atoms with Gasteiger partial charge >= 0.3 is 0 Å². The first-order valence-corrected chi connectivity index (χ1v) is 7.63. The molecule has 0 radical (unpaired) electrons. The van der Waals surface area contributed by atoms with Crippen LogP contribution in [-0.2, 0) is 0 Å². The minimum absolute atomic E-state index is 0.409. The van der Waals surface area contributed by atoms with Gasteiger partial charge in [-0.3, -0.25) is 4.98 Å². The molecule has 0 amide bonds. The van der Waals surface area contributed by atoms with E-state index in [0.29, 0.717) is 12.1 Å². The van der Waals surface area contributed by atoms with Crippen LogP contribution in [0.25, 0.3) is 0 Å². The maximum Gasteiger partial charge on any atom is 0.0315 e. The summed E-state index contributed by atoms with van der Waals surface area (Å²) in [5.74, 6) is 1.23. The summed E-state index contributed by atoms with van der Waals surface area (Å²) in [4.78, 5) is 4.19. The molecule has 1 N–H and O–H groups in total. The smallest absolute Gasteiger partial charge is 0.0315 e. The van der Waals surface area contributed by atoms with E-state index in [1.165, 1.54) is 30.6 Å². The van der Waals surface area contributed by atoms with E-state index >= 15 is 0 Å². The molecule has 1 fully saturated rings. The lowest BCUT2D eigenvalue weighted by atomic mass is 10.1. The van der Waals surface area contributed by atoms with Gasteiger partial charge in [-0.25, -0.2) is 0 Å². The van der Waals surface area contributed by atoms with Crippen LogP contribution in [0.4, 0.5) is 0 Å². The Bertz CT molecular complexity index is 328. The molecule has 2 nitrogen and oxygen atoms in total. The van der Waals surface area contributed by atoms with Crippen molar-refractivity contribution in [2.24, 2.45) is 0 Å². The molecular formula is C14H22N2S. The monoisotopic (exact) mass is 250 g/mol. The quantitative estimate of drug-likeness (QED) is 0.867. The minimum atomic E-state index is 0.409. The summed E-state index contributed by atoms with van der Waals surface area (Å²) in [6, 6.07) is 5.25. The van der Waals surface area contributed by atoms with Crippen molar-refractivity contribution >= 4 is 11.8 Å². The van der Waals surface area contributed by atoms with Crippen LogP contribution < -0.4 is 5.32 Å². The van der Waals surface area contributed by atoms with Crippen molar-refractivity contribution in [2.75, 3.05) is 5.75 Å². The average Bonchev–Trinajstić information content (AvgIpc) is 2.78. The predicted molar refractivity (Wildman–Crippen MR) is 75.3 cm³/mol. The Morgan fingerprint density at radius 2 is 2.41 bits per heavy atom. The normalized spacial score (nSPS) is 26.0. The second kappa shape index (κ2) is 6.41. The number of hydrogen-bond donors (Lipinski definition) is 1. The van der Waals surface area contributed by atoms with Gasteiger partial charge in [0, 0.05) is 29.7 Å². The molecule has 1 aromatic rings. The first-order chi connectivity index (χ1) is 8.31. The molecule has 3 atom stereocenters. The van der Waals surface area contributed by atoms with Gasteiger partial charge in [-0.15, -0.1) is 0 Å². The highest BCUT2D eigenvalue weighted by atomic mass is 32.2. The lowest BCUT2D eigenvalue weighted by Crippen LogP contribution is -2.36. The van der Waals surface area contributed by atoms with Crippen molar-refractivity contribution in [1.29, 1.82) is 0 Å². The first kappa shape index (κ1) is 12.9. The van der Waals surface area contributed by atoms with E-state index in [1.807, 2.05) is 18.5 Å². The lowest BCUT2D eigenvalue weighted by molar-refractivity contribution is 0.466.